The lowest BCUT2D eigenvalue weighted by Crippen LogP contribution is -2.59. The highest BCUT2D eigenvalue weighted by Crippen LogP contribution is 2.22. The van der Waals surface area contributed by atoms with Crippen molar-refractivity contribution in [2.45, 2.75) is 55.1 Å². The molecular formula is C12H28O13. The van der Waals surface area contributed by atoms with Gasteiger partial charge in [0.05, 0.1) is 19.8 Å². The van der Waals surface area contributed by atoms with E-state index in [0.717, 1.165) is 0 Å². The van der Waals surface area contributed by atoms with E-state index in [1.165, 1.54) is 0 Å². The van der Waals surface area contributed by atoms with Crippen LogP contribution in [0.25, 0.3) is 0 Å². The van der Waals surface area contributed by atoms with E-state index in [0.29, 0.717) is 0 Å². The Bertz CT molecular complexity index is 343. The van der Waals surface area contributed by atoms with Crippen LogP contribution < -0.4 is 0 Å². The van der Waals surface area contributed by atoms with E-state index in [9.17, 15) is 35.7 Å². The second-order valence-electron chi connectivity index (χ2n) is 5.33. The Morgan fingerprint density at radius 1 is 0.800 bits per heavy atom. The molecule has 0 aliphatic carbocycles. The average Bonchev–Trinajstić information content (AvgIpc) is 2.56. The maximum absolute atomic E-state index is 9.70. The molecule has 1 unspecified atom stereocenters. The van der Waals surface area contributed by atoms with Gasteiger partial charge in [-0.25, -0.2) is 0 Å². The highest BCUT2D eigenvalue weighted by molar-refractivity contribution is 4.89. The number of rotatable bonds is 8. The predicted molar refractivity (Wildman–Crippen MR) is 78.1 cm³/mol. The van der Waals surface area contributed by atoms with Gasteiger partial charge in [-0.05, 0) is 0 Å². The molecule has 13 heteroatoms. The molecule has 0 radical (unpaired) electrons. The molecule has 1 rings (SSSR count). The summed E-state index contributed by atoms with van der Waals surface area (Å²) in [6.07, 6.45) is -14.7. The Hall–Kier alpha value is -0.520. The first kappa shape index (κ1) is 26.7. The zero-order chi connectivity index (χ0) is 17.7. The van der Waals surface area contributed by atoms with Gasteiger partial charge < -0.3 is 66.4 Å². The van der Waals surface area contributed by atoms with Gasteiger partial charge in [0.2, 0.25) is 0 Å². The predicted octanol–water partition coefficient (Wildman–Crippen LogP) is -7.41. The second-order valence-corrected chi connectivity index (χ2v) is 5.33. The average molecular weight is 380 g/mol. The fourth-order valence-corrected chi connectivity index (χ4v) is 2.06. The van der Waals surface area contributed by atoms with Crippen molar-refractivity contribution in [2.24, 2.45) is 0 Å². The molecule has 1 aliphatic rings. The lowest BCUT2D eigenvalue weighted by Gasteiger charge is -2.40. The topological polar surface area (TPSA) is 264 Å². The largest absolute Gasteiger partial charge is 0.412 e. The van der Waals surface area contributed by atoms with Crippen LogP contribution in [-0.4, -0.2) is 132 Å². The summed E-state index contributed by atoms with van der Waals surface area (Å²) in [5.41, 5.74) is 0. The summed E-state index contributed by atoms with van der Waals surface area (Å²) in [6.45, 7) is -2.16. The van der Waals surface area contributed by atoms with Crippen molar-refractivity contribution in [1.82, 2.24) is 0 Å². The lowest BCUT2D eigenvalue weighted by atomic mass is 9.99. The molecule has 13 nitrogen and oxygen atoms in total. The highest BCUT2D eigenvalue weighted by atomic mass is 16.7. The van der Waals surface area contributed by atoms with Crippen molar-refractivity contribution in [3.8, 4) is 0 Å². The summed E-state index contributed by atoms with van der Waals surface area (Å²) in [5, 5.41) is 84.4. The molecule has 0 amide bonds. The van der Waals surface area contributed by atoms with Crippen LogP contribution in [0.15, 0.2) is 0 Å². The zero-order valence-corrected chi connectivity index (χ0v) is 13.2. The summed E-state index contributed by atoms with van der Waals surface area (Å²) in [6, 6.07) is 0. The minimum Gasteiger partial charge on any atom is -0.412 e. The molecule has 9 atom stereocenters. The standard InChI is InChI=1S/C12H24O11.2H2O/c13-1-4(15)7(17)8(18)5(16)3-22-12-11(21)10(20)9(19)6(2-14)23-12;;/h4-21H,1-3H2;2*1H2/t4-,5-,6-,7-,8-,9-,10+,11-,12?;;/m1../s1. The van der Waals surface area contributed by atoms with Crippen LogP contribution in [0.2, 0.25) is 0 Å². The molecule has 154 valence electrons. The van der Waals surface area contributed by atoms with E-state index in [1.54, 1.807) is 0 Å². The molecule has 1 fully saturated rings. The van der Waals surface area contributed by atoms with Gasteiger partial charge in [0.25, 0.3) is 0 Å². The Morgan fingerprint density at radius 2 is 1.32 bits per heavy atom. The lowest BCUT2D eigenvalue weighted by molar-refractivity contribution is -0.306. The van der Waals surface area contributed by atoms with Crippen LogP contribution in [0.1, 0.15) is 0 Å². The van der Waals surface area contributed by atoms with Gasteiger partial charge in [0.15, 0.2) is 6.29 Å². The van der Waals surface area contributed by atoms with Gasteiger partial charge in [-0.1, -0.05) is 0 Å². The van der Waals surface area contributed by atoms with Gasteiger partial charge in [0, 0.05) is 0 Å². The van der Waals surface area contributed by atoms with Gasteiger partial charge >= 0.3 is 0 Å². The number of hydrogen-bond donors (Lipinski definition) is 9. The summed E-state index contributed by atoms with van der Waals surface area (Å²) in [4.78, 5) is 0. The smallest absolute Gasteiger partial charge is 0.186 e. The van der Waals surface area contributed by atoms with Crippen molar-refractivity contribution in [3.63, 3.8) is 0 Å². The third-order valence-corrected chi connectivity index (χ3v) is 3.61. The van der Waals surface area contributed by atoms with E-state index in [-0.39, 0.29) is 11.0 Å². The molecular weight excluding hydrogens is 352 g/mol. The Labute approximate surface area is 142 Å². The first-order valence-corrected chi connectivity index (χ1v) is 6.99. The Morgan fingerprint density at radius 3 is 1.80 bits per heavy atom. The Balaban J connectivity index is 0. The van der Waals surface area contributed by atoms with Gasteiger partial charge in [-0.2, -0.15) is 0 Å². The molecule has 1 saturated heterocycles. The summed E-state index contributed by atoms with van der Waals surface area (Å²) in [7, 11) is 0. The number of ether oxygens (including phenoxy) is 2. The summed E-state index contributed by atoms with van der Waals surface area (Å²) in [5.74, 6) is 0. The fraction of sp³-hybridized carbons (Fsp3) is 1.00. The fourth-order valence-electron chi connectivity index (χ4n) is 2.06. The quantitative estimate of drug-likeness (QED) is 0.191. The van der Waals surface area contributed by atoms with Crippen LogP contribution in [0.4, 0.5) is 0 Å². The molecule has 0 aromatic carbocycles. The van der Waals surface area contributed by atoms with Gasteiger partial charge in [0.1, 0.15) is 48.8 Å². The first-order valence-electron chi connectivity index (χ1n) is 6.99. The minimum atomic E-state index is -1.86. The minimum absolute atomic E-state index is 0. The van der Waals surface area contributed by atoms with Crippen LogP contribution in [-0.2, 0) is 9.47 Å². The molecule has 25 heavy (non-hydrogen) atoms. The normalized spacial score (nSPS) is 34.2. The molecule has 0 aromatic heterocycles. The molecule has 1 aliphatic heterocycles. The molecule has 1 heterocycles. The molecule has 0 saturated carbocycles. The maximum atomic E-state index is 9.70. The van der Waals surface area contributed by atoms with Crippen LogP contribution in [0.5, 0.6) is 0 Å². The molecule has 0 bridgehead atoms. The number of aliphatic hydroxyl groups is 9. The van der Waals surface area contributed by atoms with E-state index in [1.807, 2.05) is 0 Å². The van der Waals surface area contributed by atoms with Crippen LogP contribution in [0.3, 0.4) is 0 Å². The number of aliphatic hydroxyl groups excluding tert-OH is 9. The van der Waals surface area contributed by atoms with Crippen molar-refractivity contribution < 1.29 is 66.4 Å². The molecule has 0 spiro atoms. The van der Waals surface area contributed by atoms with E-state index in [4.69, 9.17) is 19.7 Å². The van der Waals surface area contributed by atoms with Crippen molar-refractivity contribution >= 4 is 0 Å². The van der Waals surface area contributed by atoms with E-state index >= 15 is 0 Å². The monoisotopic (exact) mass is 380 g/mol. The SMILES string of the molecule is O.O.OC[C@@H](O)[C@@H](O)[C@H](O)[C@H](O)COC1O[C@H](CO)[C@@H](O)[C@H](O)[C@H]1O. The summed E-state index contributed by atoms with van der Waals surface area (Å²) < 4.78 is 9.99. The Kier molecular flexibility index (Phi) is 12.8. The van der Waals surface area contributed by atoms with E-state index < -0.39 is 74.9 Å². The van der Waals surface area contributed by atoms with Crippen molar-refractivity contribution in [3.05, 3.63) is 0 Å². The molecule has 13 N–H and O–H groups in total. The number of hydrogen-bond acceptors (Lipinski definition) is 11. The van der Waals surface area contributed by atoms with Gasteiger partial charge in [-0.3, -0.25) is 0 Å². The van der Waals surface area contributed by atoms with Crippen molar-refractivity contribution in [2.75, 3.05) is 19.8 Å². The van der Waals surface area contributed by atoms with Crippen LogP contribution >= 0.6 is 0 Å². The van der Waals surface area contributed by atoms with Crippen molar-refractivity contribution in [1.29, 1.82) is 0 Å². The zero-order valence-electron chi connectivity index (χ0n) is 13.2. The molecule has 0 aromatic rings. The highest BCUT2D eigenvalue weighted by Gasteiger charge is 2.44. The third kappa shape index (κ3) is 6.61. The van der Waals surface area contributed by atoms with Gasteiger partial charge in [-0.15, -0.1) is 0 Å². The third-order valence-electron chi connectivity index (χ3n) is 3.61. The van der Waals surface area contributed by atoms with E-state index in [2.05, 4.69) is 0 Å². The second kappa shape index (κ2) is 12.0. The first-order chi connectivity index (χ1) is 10.7. The maximum Gasteiger partial charge on any atom is 0.186 e. The summed E-state index contributed by atoms with van der Waals surface area (Å²) >= 11 is 0. The van der Waals surface area contributed by atoms with Crippen LogP contribution in [0, 0.1) is 0 Å².